The van der Waals surface area contributed by atoms with Crippen molar-refractivity contribution in [3.63, 3.8) is 0 Å². The first kappa shape index (κ1) is 40.0. The van der Waals surface area contributed by atoms with Crippen molar-refractivity contribution in [2.45, 2.75) is 83.0 Å². The molecule has 3 atom stereocenters. The second-order valence-corrected chi connectivity index (χ2v) is 14.5. The molecule has 3 unspecified atom stereocenters. The Kier molecular flexibility index (Phi) is 12.7. The summed E-state index contributed by atoms with van der Waals surface area (Å²) in [5, 5.41) is 15.8. The molecule has 298 valence electrons. The number of aromatic nitrogens is 3. The molecule has 2 saturated carbocycles. The molecule has 6 rings (SSSR count). The van der Waals surface area contributed by atoms with Crippen LogP contribution in [0.2, 0.25) is 0 Å². The van der Waals surface area contributed by atoms with Crippen molar-refractivity contribution in [3.05, 3.63) is 77.1 Å². The Morgan fingerprint density at radius 2 is 1.75 bits per heavy atom. The Bertz CT molecular complexity index is 1990. The summed E-state index contributed by atoms with van der Waals surface area (Å²) in [7, 11) is 0. The van der Waals surface area contributed by atoms with Gasteiger partial charge in [0.05, 0.1) is 35.7 Å². The number of fused-ring (bicyclic) bond motifs is 2. The van der Waals surface area contributed by atoms with Gasteiger partial charge in [-0.15, -0.1) is 13.2 Å². The molecule has 13 nitrogen and oxygen atoms in total. The van der Waals surface area contributed by atoms with Gasteiger partial charge in [-0.25, -0.2) is 14.5 Å². The molecule has 1 aromatic carbocycles. The normalized spacial score (nSPS) is 18.3. The third kappa shape index (κ3) is 10.7. The SMILES string of the molecule is NC(=O)c1c(C(=O)Nc2cc(NC(=O)Cc3ccc(OC(F)(F)F)cc3)cnc2F)nn(C2CC2)c1NCCCCCCCC(=C=O)NCC1CC2C=CC1C2. The summed E-state index contributed by atoms with van der Waals surface area (Å²) in [5.41, 5.74) is 5.92. The van der Waals surface area contributed by atoms with E-state index in [4.69, 9.17) is 5.73 Å². The molecule has 2 bridgehead atoms. The maximum absolute atomic E-state index is 14.8. The van der Waals surface area contributed by atoms with Crippen LogP contribution in [0.3, 0.4) is 0 Å². The Labute approximate surface area is 320 Å². The highest BCUT2D eigenvalue weighted by Crippen LogP contribution is 2.43. The molecule has 56 heavy (non-hydrogen) atoms. The van der Waals surface area contributed by atoms with Gasteiger partial charge in [0.25, 0.3) is 11.8 Å². The quantitative estimate of drug-likeness (QED) is 0.0283. The third-order valence-electron chi connectivity index (χ3n) is 10.2. The van der Waals surface area contributed by atoms with Crippen molar-refractivity contribution < 1.29 is 41.5 Å². The van der Waals surface area contributed by atoms with Crippen LogP contribution in [0.4, 0.5) is 34.8 Å². The molecule has 2 fully saturated rings. The number of carbonyl (C=O) groups excluding carboxylic acids is 4. The zero-order valence-electron chi connectivity index (χ0n) is 30.6. The molecule has 3 aliphatic carbocycles. The number of nitrogens with zero attached hydrogens (tertiary/aromatic N) is 3. The Morgan fingerprint density at radius 1 is 1.00 bits per heavy atom. The fourth-order valence-corrected chi connectivity index (χ4v) is 7.29. The number of unbranched alkanes of at least 4 members (excludes halogenated alkanes) is 4. The highest BCUT2D eigenvalue weighted by Gasteiger charge is 2.36. The number of halogens is 4. The summed E-state index contributed by atoms with van der Waals surface area (Å²) < 4.78 is 57.5. The second-order valence-electron chi connectivity index (χ2n) is 14.5. The minimum Gasteiger partial charge on any atom is -0.406 e. The van der Waals surface area contributed by atoms with Crippen molar-refractivity contribution in [2.24, 2.45) is 23.5 Å². The number of hydrogen-bond acceptors (Lipinski definition) is 9. The summed E-state index contributed by atoms with van der Waals surface area (Å²) in [5.74, 6) is 0.355. The largest absolute Gasteiger partial charge is 0.573 e. The van der Waals surface area contributed by atoms with Crippen LogP contribution in [-0.4, -0.2) is 57.9 Å². The summed E-state index contributed by atoms with van der Waals surface area (Å²) in [4.78, 5) is 53.9. The number of primary amides is 1. The van der Waals surface area contributed by atoms with Gasteiger partial charge in [0.15, 0.2) is 5.69 Å². The van der Waals surface area contributed by atoms with Crippen LogP contribution in [0.25, 0.3) is 0 Å². The van der Waals surface area contributed by atoms with Gasteiger partial charge in [-0.3, -0.25) is 14.4 Å². The molecular formula is C39H44F4N8O5. The number of rotatable bonds is 20. The molecule has 3 amide bonds. The highest BCUT2D eigenvalue weighted by molar-refractivity contribution is 6.13. The number of pyridine rings is 1. The first-order valence-corrected chi connectivity index (χ1v) is 18.8. The van der Waals surface area contributed by atoms with Crippen LogP contribution in [0.5, 0.6) is 5.75 Å². The standard InChI is InChI=1S/C39H44F4N8O5/c40-35-31(19-28(21-47-35)48-32(53)18-23-8-13-30(14-9-23)56-39(41,42)43)49-38(55)34-33(36(44)54)37(51(50-34)29-11-12-29)45-15-5-3-1-2-4-6-27(22-52)46-20-26-17-24-7-10-25(26)16-24/h7-10,13-14,19,21,24-26,29,45-46H,1-6,11-12,15-18,20H2,(H2,44,54)(H,48,53)(H,49,55). The van der Waals surface area contributed by atoms with E-state index in [1.54, 1.807) is 4.68 Å². The molecule has 17 heteroatoms. The Morgan fingerprint density at radius 3 is 2.41 bits per heavy atom. The van der Waals surface area contributed by atoms with Crippen LogP contribution in [0, 0.1) is 23.7 Å². The number of amides is 3. The first-order chi connectivity index (χ1) is 26.9. The van der Waals surface area contributed by atoms with E-state index in [0.717, 1.165) is 75.9 Å². The second kappa shape index (κ2) is 17.8. The van der Waals surface area contributed by atoms with Gasteiger partial charge in [-0.2, -0.15) is 9.49 Å². The number of hydrogen-bond donors (Lipinski definition) is 5. The maximum atomic E-state index is 14.8. The Balaban J connectivity index is 0.983. The lowest BCUT2D eigenvalue weighted by Crippen LogP contribution is -2.25. The van der Waals surface area contributed by atoms with Crippen molar-refractivity contribution >= 4 is 40.9 Å². The number of allylic oxidation sites excluding steroid dienone is 3. The molecule has 0 saturated heterocycles. The summed E-state index contributed by atoms with van der Waals surface area (Å²) in [6, 6.07) is 5.80. The van der Waals surface area contributed by atoms with E-state index < -0.39 is 41.5 Å². The van der Waals surface area contributed by atoms with Gasteiger partial charge in [-0.05, 0) is 86.5 Å². The number of alkyl halides is 3. The van der Waals surface area contributed by atoms with Gasteiger partial charge in [0, 0.05) is 13.1 Å². The number of nitrogens with two attached hydrogens (primary N) is 1. The summed E-state index contributed by atoms with van der Waals surface area (Å²) in [6.45, 7) is 1.29. The van der Waals surface area contributed by atoms with Crippen molar-refractivity contribution in [1.82, 2.24) is 20.1 Å². The number of carbonyl (C=O) groups is 3. The van der Waals surface area contributed by atoms with E-state index in [9.17, 15) is 36.7 Å². The minimum atomic E-state index is -4.85. The highest BCUT2D eigenvalue weighted by atomic mass is 19.4. The molecule has 0 spiro atoms. The zero-order chi connectivity index (χ0) is 39.8. The van der Waals surface area contributed by atoms with Crippen LogP contribution in [0.1, 0.15) is 96.7 Å². The van der Waals surface area contributed by atoms with Crippen molar-refractivity contribution in [1.29, 1.82) is 0 Å². The van der Waals surface area contributed by atoms with E-state index in [1.165, 1.54) is 25.0 Å². The van der Waals surface area contributed by atoms with Crippen molar-refractivity contribution in [2.75, 3.05) is 29.0 Å². The zero-order valence-corrected chi connectivity index (χ0v) is 30.6. The number of anilines is 3. The minimum absolute atomic E-state index is 0.0192. The topological polar surface area (TPSA) is 182 Å². The summed E-state index contributed by atoms with van der Waals surface area (Å²) >= 11 is 0. The molecule has 3 aromatic rings. The van der Waals surface area contributed by atoms with Crippen LogP contribution in [0.15, 0.2) is 54.4 Å². The molecule has 3 aliphatic rings. The van der Waals surface area contributed by atoms with E-state index in [2.05, 4.69) is 54.2 Å². The number of nitrogens with one attached hydrogen (secondary N) is 4. The van der Waals surface area contributed by atoms with Crippen LogP contribution >= 0.6 is 0 Å². The molecule has 2 aromatic heterocycles. The molecule has 6 N–H and O–H groups in total. The third-order valence-corrected chi connectivity index (χ3v) is 10.2. The lowest BCUT2D eigenvalue weighted by molar-refractivity contribution is -0.274. The van der Waals surface area contributed by atoms with E-state index in [1.807, 2.05) is 0 Å². The van der Waals surface area contributed by atoms with Gasteiger partial charge in [-0.1, -0.05) is 43.5 Å². The van der Waals surface area contributed by atoms with Gasteiger partial charge >= 0.3 is 6.36 Å². The summed E-state index contributed by atoms with van der Waals surface area (Å²) in [6.07, 6.45) is 9.58. The fourth-order valence-electron chi connectivity index (χ4n) is 7.29. The van der Waals surface area contributed by atoms with Crippen LogP contribution in [-0.2, 0) is 16.0 Å². The lowest BCUT2D eigenvalue weighted by atomic mass is 9.93. The van der Waals surface area contributed by atoms with E-state index in [-0.39, 0.29) is 29.4 Å². The lowest BCUT2D eigenvalue weighted by Gasteiger charge is -2.19. The maximum Gasteiger partial charge on any atom is 0.573 e. The van der Waals surface area contributed by atoms with E-state index >= 15 is 0 Å². The fraction of sp³-hybridized carbons (Fsp3) is 0.462. The molecule has 0 aliphatic heterocycles. The van der Waals surface area contributed by atoms with E-state index in [0.29, 0.717) is 47.8 Å². The molecule has 0 radical (unpaired) electrons. The first-order valence-electron chi connectivity index (χ1n) is 18.8. The average molecular weight is 781 g/mol. The van der Waals surface area contributed by atoms with Crippen LogP contribution < -0.4 is 31.7 Å². The predicted octanol–water partition coefficient (Wildman–Crippen LogP) is 6.45. The van der Waals surface area contributed by atoms with Gasteiger partial charge < -0.3 is 31.7 Å². The number of ether oxygens (including phenoxy) is 1. The van der Waals surface area contributed by atoms with Crippen molar-refractivity contribution in [3.8, 4) is 5.75 Å². The Hall–Kier alpha value is -5.70. The van der Waals surface area contributed by atoms with Gasteiger partial charge in [0.2, 0.25) is 11.9 Å². The predicted molar refractivity (Wildman–Crippen MR) is 199 cm³/mol. The monoisotopic (exact) mass is 780 g/mol. The average Bonchev–Trinajstić information content (AvgIpc) is 3.58. The molecular weight excluding hydrogens is 736 g/mol. The van der Waals surface area contributed by atoms with Gasteiger partial charge in [0.1, 0.15) is 23.1 Å². The smallest absolute Gasteiger partial charge is 0.406 e. The number of benzene rings is 1. The molecule has 2 heterocycles.